The molecule has 1 fully saturated rings. The molecule has 2 heterocycles. The quantitative estimate of drug-likeness (QED) is 0.914. The van der Waals surface area contributed by atoms with Crippen molar-refractivity contribution in [1.29, 1.82) is 0 Å². The minimum Gasteiger partial charge on any atom is -0.478 e. The van der Waals surface area contributed by atoms with Gasteiger partial charge in [-0.25, -0.2) is 9.78 Å². The molecule has 1 aliphatic heterocycles. The lowest BCUT2D eigenvalue weighted by atomic mass is 9.74. The maximum atomic E-state index is 11.0. The first kappa shape index (κ1) is 14.8. The number of aryl methyl sites for hydroxylation is 1. The normalized spacial score (nSPS) is 18.1. The van der Waals surface area contributed by atoms with E-state index >= 15 is 0 Å². The predicted octanol–water partition coefficient (Wildman–Crippen LogP) is 3.49. The third-order valence-corrected chi connectivity index (χ3v) is 4.95. The Kier molecular flexibility index (Phi) is 4.31. The zero-order chi connectivity index (χ0) is 14.8. The molecule has 1 saturated heterocycles. The van der Waals surface area contributed by atoms with Crippen molar-refractivity contribution in [2.45, 2.75) is 46.5 Å². The van der Waals surface area contributed by atoms with Crippen LogP contribution in [0.1, 0.15) is 55.6 Å². The van der Waals surface area contributed by atoms with Crippen LogP contribution < -0.4 is 4.90 Å². The van der Waals surface area contributed by atoms with Gasteiger partial charge in [-0.1, -0.05) is 26.7 Å². The summed E-state index contributed by atoms with van der Waals surface area (Å²) in [6.07, 6.45) is 4.87. The van der Waals surface area contributed by atoms with Crippen molar-refractivity contribution in [1.82, 2.24) is 4.98 Å². The van der Waals surface area contributed by atoms with Gasteiger partial charge in [0.15, 0.2) is 0 Å². The minimum atomic E-state index is -0.906. The molecule has 0 radical (unpaired) electrons. The summed E-state index contributed by atoms with van der Waals surface area (Å²) in [5.74, 6) is 0.00415. The zero-order valence-electron chi connectivity index (χ0n) is 12.6. The summed E-state index contributed by atoms with van der Waals surface area (Å²) in [5.41, 5.74) is 1.38. The van der Waals surface area contributed by atoms with Gasteiger partial charge in [0.1, 0.15) is 5.82 Å². The summed E-state index contributed by atoms with van der Waals surface area (Å²) in [6.45, 7) is 8.35. The average Bonchev–Trinajstić information content (AvgIpc) is 2.47. The second-order valence-corrected chi connectivity index (χ2v) is 5.80. The van der Waals surface area contributed by atoms with Crippen LogP contribution in [0, 0.1) is 12.3 Å². The van der Waals surface area contributed by atoms with Crippen molar-refractivity contribution in [2.24, 2.45) is 5.41 Å². The number of aromatic carboxylic acids is 1. The molecule has 110 valence electrons. The summed E-state index contributed by atoms with van der Waals surface area (Å²) in [4.78, 5) is 17.8. The smallest absolute Gasteiger partial charge is 0.337 e. The molecule has 0 spiro atoms. The monoisotopic (exact) mass is 276 g/mol. The van der Waals surface area contributed by atoms with Crippen LogP contribution in [0.5, 0.6) is 0 Å². The van der Waals surface area contributed by atoms with Crippen LogP contribution in [0.3, 0.4) is 0 Å². The number of carboxylic acid groups (broad SMARTS) is 1. The van der Waals surface area contributed by atoms with E-state index in [9.17, 15) is 4.79 Å². The van der Waals surface area contributed by atoms with Crippen molar-refractivity contribution in [3.8, 4) is 0 Å². The van der Waals surface area contributed by atoms with E-state index in [2.05, 4.69) is 23.7 Å². The van der Waals surface area contributed by atoms with Crippen LogP contribution >= 0.6 is 0 Å². The molecular formula is C16H24N2O2. The number of anilines is 1. The van der Waals surface area contributed by atoms with Crippen molar-refractivity contribution in [3.63, 3.8) is 0 Å². The molecule has 0 amide bonds. The van der Waals surface area contributed by atoms with E-state index in [0.29, 0.717) is 16.7 Å². The van der Waals surface area contributed by atoms with E-state index in [1.165, 1.54) is 25.7 Å². The number of hydrogen-bond acceptors (Lipinski definition) is 3. The van der Waals surface area contributed by atoms with Crippen molar-refractivity contribution >= 4 is 11.8 Å². The number of nitrogens with zero attached hydrogens (tertiary/aromatic N) is 2. The van der Waals surface area contributed by atoms with Crippen LogP contribution in [-0.2, 0) is 0 Å². The average molecular weight is 276 g/mol. The van der Waals surface area contributed by atoms with Crippen LogP contribution in [0.25, 0.3) is 0 Å². The Morgan fingerprint density at radius 2 is 1.90 bits per heavy atom. The molecule has 0 atom stereocenters. The van der Waals surface area contributed by atoms with E-state index in [1.54, 1.807) is 13.0 Å². The van der Waals surface area contributed by atoms with Gasteiger partial charge in [-0.05, 0) is 37.3 Å². The third kappa shape index (κ3) is 2.79. The molecular weight excluding hydrogens is 252 g/mol. The van der Waals surface area contributed by atoms with Crippen LogP contribution in [0.4, 0.5) is 5.82 Å². The minimum absolute atomic E-state index is 0.294. The van der Waals surface area contributed by atoms with Crippen LogP contribution in [-0.4, -0.2) is 29.1 Å². The summed E-state index contributed by atoms with van der Waals surface area (Å²) in [5, 5.41) is 9.05. The van der Waals surface area contributed by atoms with Crippen molar-refractivity contribution in [3.05, 3.63) is 23.4 Å². The highest BCUT2D eigenvalue weighted by atomic mass is 16.4. The second-order valence-electron chi connectivity index (χ2n) is 5.80. The highest BCUT2D eigenvalue weighted by Gasteiger charge is 2.31. The lowest BCUT2D eigenvalue weighted by Crippen LogP contribution is -2.40. The molecule has 1 N–H and O–H groups in total. The Balaban J connectivity index is 2.11. The van der Waals surface area contributed by atoms with Crippen molar-refractivity contribution < 1.29 is 9.90 Å². The maximum absolute atomic E-state index is 11.0. The first-order valence-electron chi connectivity index (χ1n) is 7.47. The standard InChI is InChI=1S/C16H24N2O2/c1-4-16(5-2)8-10-18(11-9-16)14-7-6-13(15(19)20)12(3)17-14/h6-7H,4-5,8-11H2,1-3H3,(H,19,20). The maximum Gasteiger partial charge on any atom is 0.337 e. The summed E-state index contributed by atoms with van der Waals surface area (Å²) in [6, 6.07) is 3.50. The molecule has 2 rings (SSSR count). The fraction of sp³-hybridized carbons (Fsp3) is 0.625. The summed E-state index contributed by atoms with van der Waals surface area (Å²) < 4.78 is 0. The van der Waals surface area contributed by atoms with Gasteiger partial charge in [0.2, 0.25) is 0 Å². The van der Waals surface area contributed by atoms with Gasteiger partial charge in [-0.2, -0.15) is 0 Å². The molecule has 1 aromatic rings. The first-order valence-corrected chi connectivity index (χ1v) is 7.47. The number of aromatic nitrogens is 1. The molecule has 0 unspecified atom stereocenters. The van der Waals surface area contributed by atoms with Gasteiger partial charge in [0.05, 0.1) is 11.3 Å². The first-order chi connectivity index (χ1) is 9.51. The Labute approximate surface area is 120 Å². The van der Waals surface area contributed by atoms with Gasteiger partial charge in [0.25, 0.3) is 0 Å². The Hall–Kier alpha value is -1.58. The SMILES string of the molecule is CCC1(CC)CCN(c2ccc(C(=O)O)c(C)n2)CC1. The van der Waals surface area contributed by atoms with Gasteiger partial charge in [-0.15, -0.1) is 0 Å². The van der Waals surface area contributed by atoms with E-state index in [1.807, 2.05) is 6.07 Å². The van der Waals surface area contributed by atoms with E-state index in [4.69, 9.17) is 5.11 Å². The molecule has 1 aromatic heterocycles. The Morgan fingerprint density at radius 3 is 2.35 bits per heavy atom. The van der Waals surface area contributed by atoms with Crippen LogP contribution in [0.15, 0.2) is 12.1 Å². The molecule has 20 heavy (non-hydrogen) atoms. The lowest BCUT2D eigenvalue weighted by molar-refractivity contribution is 0.0695. The zero-order valence-corrected chi connectivity index (χ0v) is 12.6. The van der Waals surface area contributed by atoms with Crippen LogP contribution in [0.2, 0.25) is 0 Å². The summed E-state index contributed by atoms with van der Waals surface area (Å²) >= 11 is 0. The number of carboxylic acids is 1. The summed E-state index contributed by atoms with van der Waals surface area (Å²) in [7, 11) is 0. The fourth-order valence-corrected chi connectivity index (χ4v) is 3.12. The van der Waals surface area contributed by atoms with Crippen molar-refractivity contribution in [2.75, 3.05) is 18.0 Å². The number of pyridine rings is 1. The molecule has 0 aliphatic carbocycles. The fourth-order valence-electron chi connectivity index (χ4n) is 3.12. The highest BCUT2D eigenvalue weighted by Crippen LogP contribution is 2.38. The third-order valence-electron chi connectivity index (χ3n) is 4.95. The van der Waals surface area contributed by atoms with Gasteiger partial charge in [-0.3, -0.25) is 0 Å². The molecule has 1 aliphatic rings. The topological polar surface area (TPSA) is 53.4 Å². The molecule has 0 aromatic carbocycles. The molecule has 0 bridgehead atoms. The number of rotatable bonds is 4. The van der Waals surface area contributed by atoms with E-state index < -0.39 is 5.97 Å². The van der Waals surface area contributed by atoms with E-state index in [0.717, 1.165) is 18.9 Å². The molecule has 0 saturated carbocycles. The molecule has 4 nitrogen and oxygen atoms in total. The predicted molar refractivity (Wildman–Crippen MR) is 80.4 cm³/mol. The Bertz CT molecular complexity index is 485. The van der Waals surface area contributed by atoms with Gasteiger partial charge >= 0.3 is 5.97 Å². The Morgan fingerprint density at radius 1 is 1.30 bits per heavy atom. The number of piperidine rings is 1. The largest absolute Gasteiger partial charge is 0.478 e. The second kappa shape index (κ2) is 5.81. The van der Waals surface area contributed by atoms with Gasteiger partial charge in [0, 0.05) is 13.1 Å². The molecule has 4 heteroatoms. The van der Waals surface area contributed by atoms with Gasteiger partial charge < -0.3 is 10.0 Å². The lowest BCUT2D eigenvalue weighted by Gasteiger charge is -2.41. The number of carbonyl (C=O) groups is 1. The number of hydrogen-bond donors (Lipinski definition) is 1. The van der Waals surface area contributed by atoms with E-state index in [-0.39, 0.29) is 0 Å². The highest BCUT2D eigenvalue weighted by molar-refractivity contribution is 5.89.